The molecule has 0 atom stereocenters. The van der Waals surface area contributed by atoms with Gasteiger partial charge in [-0.3, -0.25) is 4.79 Å². The Morgan fingerprint density at radius 3 is 1.97 bits per heavy atom. The van der Waals surface area contributed by atoms with Crippen molar-refractivity contribution < 1.29 is 19.4 Å². The summed E-state index contributed by atoms with van der Waals surface area (Å²) in [6.07, 6.45) is 0.738. The van der Waals surface area contributed by atoms with Gasteiger partial charge in [0.25, 0.3) is 5.56 Å². The summed E-state index contributed by atoms with van der Waals surface area (Å²) in [6.45, 7) is 2.93. The molecule has 0 aliphatic carbocycles. The number of aromatic nitrogens is 1. The molecular weight excluding hydrogens is 394 g/mol. The fourth-order valence-corrected chi connectivity index (χ4v) is 2.75. The molecule has 2 aromatic carbocycles. The van der Waals surface area contributed by atoms with E-state index in [0.29, 0.717) is 34.4 Å². The van der Waals surface area contributed by atoms with Gasteiger partial charge in [0, 0.05) is 17.5 Å². The molecule has 1 N–H and O–H groups in total. The molecule has 1 heterocycles. The zero-order valence-electron chi connectivity index (χ0n) is 16.0. The summed E-state index contributed by atoms with van der Waals surface area (Å²) in [5.41, 5.74) is 0.672. The predicted octanol–water partition coefficient (Wildman–Crippen LogP) is 4.47. The Morgan fingerprint density at radius 1 is 0.862 bits per heavy atom. The Kier molecular flexibility index (Phi) is 7.03. The zero-order chi connectivity index (χ0) is 20.6. The van der Waals surface area contributed by atoms with Crippen molar-refractivity contribution >= 4 is 11.6 Å². The van der Waals surface area contributed by atoms with Gasteiger partial charge in [-0.25, -0.2) is 0 Å². The summed E-state index contributed by atoms with van der Waals surface area (Å²) >= 11 is 5.84. The third-order valence-electron chi connectivity index (χ3n) is 4.08. The number of pyridine rings is 1. The highest BCUT2D eigenvalue weighted by Crippen LogP contribution is 2.19. The van der Waals surface area contributed by atoms with Gasteiger partial charge >= 0.3 is 0 Å². The first-order chi connectivity index (χ1) is 14.0. The van der Waals surface area contributed by atoms with Gasteiger partial charge in [-0.1, -0.05) is 11.6 Å². The van der Waals surface area contributed by atoms with Crippen LogP contribution in [0.4, 0.5) is 0 Å². The maximum absolute atomic E-state index is 11.6. The van der Waals surface area contributed by atoms with E-state index in [1.807, 2.05) is 12.1 Å². The van der Waals surface area contributed by atoms with Gasteiger partial charge in [0.05, 0.1) is 18.9 Å². The van der Waals surface area contributed by atoms with Crippen LogP contribution in [0.25, 0.3) is 0 Å². The van der Waals surface area contributed by atoms with Crippen LogP contribution in [-0.4, -0.2) is 23.2 Å². The van der Waals surface area contributed by atoms with E-state index >= 15 is 0 Å². The third kappa shape index (κ3) is 6.19. The summed E-state index contributed by atoms with van der Waals surface area (Å²) in [6, 6.07) is 17.4. The maximum atomic E-state index is 11.6. The second-order valence-electron chi connectivity index (χ2n) is 6.44. The Labute approximate surface area is 173 Å². The van der Waals surface area contributed by atoms with Crippen molar-refractivity contribution in [3.8, 4) is 17.2 Å². The fourth-order valence-electron chi connectivity index (χ4n) is 2.63. The van der Waals surface area contributed by atoms with Gasteiger partial charge in [0.2, 0.25) is 0 Å². The number of nitrogens with zero attached hydrogens (tertiary/aromatic N) is 1. The largest absolute Gasteiger partial charge is 0.493 e. The van der Waals surface area contributed by atoms with E-state index in [0.717, 1.165) is 23.5 Å². The Balaban J connectivity index is 1.41. The molecule has 3 rings (SSSR count). The summed E-state index contributed by atoms with van der Waals surface area (Å²) in [5, 5.41) is 10.4. The molecule has 152 valence electrons. The Hall–Kier alpha value is -3.12. The standard InChI is InChI=1S/C22H22ClNO5/c1-16-13-18(24(26)22(25)14-16)15-29-21-9-7-20(8-10-21)28-12-2-11-27-19-5-3-17(23)4-6-19/h3-10,13-14,26H,2,11-12,15H2,1H3. The minimum absolute atomic E-state index is 0.0790. The molecule has 0 amide bonds. The van der Waals surface area contributed by atoms with Gasteiger partial charge in [-0.15, -0.1) is 4.73 Å². The van der Waals surface area contributed by atoms with Crippen molar-refractivity contribution in [2.45, 2.75) is 20.0 Å². The molecule has 0 bridgehead atoms. The van der Waals surface area contributed by atoms with Crippen molar-refractivity contribution in [2.24, 2.45) is 0 Å². The molecule has 6 nitrogen and oxygen atoms in total. The van der Waals surface area contributed by atoms with E-state index in [1.165, 1.54) is 6.07 Å². The van der Waals surface area contributed by atoms with Crippen LogP contribution in [0.2, 0.25) is 5.02 Å². The first kappa shape index (κ1) is 20.6. The van der Waals surface area contributed by atoms with Crippen molar-refractivity contribution in [1.29, 1.82) is 0 Å². The highest BCUT2D eigenvalue weighted by molar-refractivity contribution is 6.30. The van der Waals surface area contributed by atoms with Crippen LogP contribution in [0, 0.1) is 6.92 Å². The second kappa shape index (κ2) is 9.89. The van der Waals surface area contributed by atoms with E-state index in [9.17, 15) is 10.0 Å². The lowest BCUT2D eigenvalue weighted by Crippen LogP contribution is -2.21. The molecule has 29 heavy (non-hydrogen) atoms. The van der Waals surface area contributed by atoms with Gasteiger partial charge in [0.1, 0.15) is 23.9 Å². The molecule has 0 spiro atoms. The maximum Gasteiger partial charge on any atom is 0.283 e. The first-order valence-electron chi connectivity index (χ1n) is 9.17. The van der Waals surface area contributed by atoms with E-state index in [4.69, 9.17) is 25.8 Å². The molecule has 0 fully saturated rings. The predicted molar refractivity (Wildman–Crippen MR) is 110 cm³/mol. The quantitative estimate of drug-likeness (QED) is 0.412. The number of ether oxygens (including phenoxy) is 3. The Bertz CT molecular complexity index is 984. The lowest BCUT2D eigenvalue weighted by atomic mass is 10.2. The lowest BCUT2D eigenvalue weighted by molar-refractivity contribution is 0.147. The van der Waals surface area contributed by atoms with E-state index in [-0.39, 0.29) is 6.61 Å². The topological polar surface area (TPSA) is 69.9 Å². The summed E-state index contributed by atoms with van der Waals surface area (Å²) in [5.74, 6) is 2.11. The number of halogens is 1. The average molecular weight is 416 g/mol. The zero-order valence-corrected chi connectivity index (χ0v) is 16.8. The van der Waals surface area contributed by atoms with Crippen LogP contribution in [0.3, 0.4) is 0 Å². The normalized spacial score (nSPS) is 10.6. The van der Waals surface area contributed by atoms with Crippen LogP contribution in [0.15, 0.2) is 65.5 Å². The highest BCUT2D eigenvalue weighted by atomic mass is 35.5. The third-order valence-corrected chi connectivity index (χ3v) is 4.33. The lowest BCUT2D eigenvalue weighted by Gasteiger charge is -2.11. The van der Waals surface area contributed by atoms with Crippen molar-refractivity contribution in [2.75, 3.05) is 13.2 Å². The molecule has 0 unspecified atom stereocenters. The molecule has 0 aliphatic rings. The van der Waals surface area contributed by atoms with Crippen LogP contribution >= 0.6 is 11.6 Å². The van der Waals surface area contributed by atoms with E-state index in [1.54, 1.807) is 49.4 Å². The van der Waals surface area contributed by atoms with Crippen molar-refractivity contribution in [3.63, 3.8) is 0 Å². The number of rotatable bonds is 9. The van der Waals surface area contributed by atoms with Crippen LogP contribution in [0.1, 0.15) is 17.7 Å². The molecule has 0 aliphatic heterocycles. The van der Waals surface area contributed by atoms with Gasteiger partial charge in [-0.2, -0.15) is 0 Å². The molecule has 0 saturated carbocycles. The van der Waals surface area contributed by atoms with Crippen LogP contribution in [0.5, 0.6) is 17.2 Å². The summed E-state index contributed by atoms with van der Waals surface area (Å²) < 4.78 is 17.5. The average Bonchev–Trinajstić information content (AvgIpc) is 2.71. The molecule has 0 saturated heterocycles. The molecule has 7 heteroatoms. The molecule has 3 aromatic rings. The van der Waals surface area contributed by atoms with E-state index in [2.05, 4.69) is 0 Å². The smallest absolute Gasteiger partial charge is 0.283 e. The SMILES string of the molecule is Cc1cc(COc2ccc(OCCCOc3ccc(Cl)cc3)cc2)n(O)c(=O)c1. The van der Waals surface area contributed by atoms with Gasteiger partial charge in [0.15, 0.2) is 0 Å². The monoisotopic (exact) mass is 415 g/mol. The molecular formula is C22H22ClNO5. The number of hydrogen-bond acceptors (Lipinski definition) is 5. The van der Waals surface area contributed by atoms with Crippen LogP contribution in [-0.2, 0) is 6.61 Å². The second-order valence-corrected chi connectivity index (χ2v) is 6.87. The number of aryl methyl sites for hydroxylation is 1. The molecule has 1 aromatic heterocycles. The first-order valence-corrected chi connectivity index (χ1v) is 9.55. The summed E-state index contributed by atoms with van der Waals surface area (Å²) in [7, 11) is 0. The Morgan fingerprint density at radius 2 is 1.38 bits per heavy atom. The van der Waals surface area contributed by atoms with Gasteiger partial charge in [-0.05, 0) is 67.1 Å². The highest BCUT2D eigenvalue weighted by Gasteiger charge is 2.05. The minimum Gasteiger partial charge on any atom is -0.493 e. The minimum atomic E-state index is -0.479. The van der Waals surface area contributed by atoms with Crippen molar-refractivity contribution in [1.82, 2.24) is 4.73 Å². The molecule has 0 radical (unpaired) electrons. The summed E-state index contributed by atoms with van der Waals surface area (Å²) in [4.78, 5) is 11.6. The number of hydrogen-bond donors (Lipinski definition) is 1. The number of benzene rings is 2. The van der Waals surface area contributed by atoms with Crippen LogP contribution < -0.4 is 19.8 Å². The van der Waals surface area contributed by atoms with Crippen molar-refractivity contribution in [3.05, 3.63) is 87.3 Å². The van der Waals surface area contributed by atoms with E-state index < -0.39 is 5.56 Å². The van der Waals surface area contributed by atoms with Gasteiger partial charge < -0.3 is 19.4 Å². The fraction of sp³-hybridized carbons (Fsp3) is 0.227.